The molecule has 1 aliphatic heterocycles. The van der Waals surface area contributed by atoms with Crippen molar-refractivity contribution >= 4 is 34.4 Å². The fraction of sp³-hybridized carbons (Fsp3) is 0.190. The molecule has 1 aromatic heterocycles. The molecular weight excluding hydrogens is 439 g/mol. The van der Waals surface area contributed by atoms with E-state index >= 15 is 0 Å². The van der Waals surface area contributed by atoms with Crippen LogP contribution in [0, 0.1) is 6.92 Å². The number of aryl methyl sites for hydroxylation is 2. The van der Waals surface area contributed by atoms with Gasteiger partial charge in [-0.05, 0) is 38.1 Å². The van der Waals surface area contributed by atoms with Gasteiger partial charge in [-0.3, -0.25) is 0 Å². The van der Waals surface area contributed by atoms with Crippen molar-refractivity contribution in [3.8, 4) is 0 Å². The molecule has 0 atom stereocenters. The van der Waals surface area contributed by atoms with Crippen LogP contribution >= 0.6 is 11.8 Å². The molecular formula is C21H21IN2S. The van der Waals surface area contributed by atoms with Crippen LogP contribution < -0.4 is 33.4 Å². The number of fused-ring (bicyclic) bond motifs is 2. The molecule has 0 saturated carbocycles. The van der Waals surface area contributed by atoms with Crippen molar-refractivity contribution in [2.45, 2.75) is 18.7 Å². The standard InChI is InChI=1S/C21H21N2S.HI/c1-4-23-18-10-5-6-11-19(18)24-20(23)14-17-13-12-16-9-7-8-15(2)21(16)22(17)3;/h5-14H,4H2,1-3H3;1H/q+1;/p-1. The Morgan fingerprint density at radius 1 is 1.04 bits per heavy atom. The number of para-hydroxylation sites is 2. The summed E-state index contributed by atoms with van der Waals surface area (Å²) in [5.74, 6) is 0. The second kappa shape index (κ2) is 7.38. The van der Waals surface area contributed by atoms with E-state index in [1.165, 1.54) is 37.8 Å². The molecule has 128 valence electrons. The first-order chi connectivity index (χ1) is 11.7. The van der Waals surface area contributed by atoms with E-state index in [9.17, 15) is 0 Å². The fourth-order valence-corrected chi connectivity index (χ4v) is 4.62. The molecule has 0 amide bonds. The maximum absolute atomic E-state index is 2.39. The molecule has 4 heteroatoms. The van der Waals surface area contributed by atoms with Gasteiger partial charge >= 0.3 is 0 Å². The summed E-state index contributed by atoms with van der Waals surface area (Å²) >= 11 is 1.86. The van der Waals surface area contributed by atoms with Gasteiger partial charge in [0, 0.05) is 34.5 Å². The zero-order valence-electron chi connectivity index (χ0n) is 14.7. The van der Waals surface area contributed by atoms with Crippen molar-refractivity contribution < 1.29 is 28.5 Å². The molecule has 1 aliphatic rings. The molecule has 0 bridgehead atoms. The third kappa shape index (κ3) is 3.17. The Morgan fingerprint density at radius 2 is 1.84 bits per heavy atom. The van der Waals surface area contributed by atoms with Gasteiger partial charge in [-0.15, -0.1) is 0 Å². The molecule has 0 radical (unpaired) electrons. The van der Waals surface area contributed by atoms with Crippen molar-refractivity contribution in [1.82, 2.24) is 0 Å². The lowest BCUT2D eigenvalue weighted by Gasteiger charge is -2.17. The summed E-state index contributed by atoms with van der Waals surface area (Å²) in [5, 5.41) is 2.58. The van der Waals surface area contributed by atoms with Crippen LogP contribution in [-0.2, 0) is 7.05 Å². The lowest BCUT2D eigenvalue weighted by atomic mass is 10.1. The Morgan fingerprint density at radius 3 is 2.64 bits per heavy atom. The molecule has 0 N–H and O–H groups in total. The van der Waals surface area contributed by atoms with E-state index in [2.05, 4.69) is 91.0 Å². The Balaban J connectivity index is 0.00000182. The highest BCUT2D eigenvalue weighted by Gasteiger charge is 2.24. The second-order valence-electron chi connectivity index (χ2n) is 6.13. The van der Waals surface area contributed by atoms with Gasteiger partial charge in [0.05, 0.1) is 10.7 Å². The number of aromatic nitrogens is 1. The Bertz CT molecular complexity index is 965. The van der Waals surface area contributed by atoms with Crippen LogP contribution in [0.5, 0.6) is 0 Å². The SMILES string of the molecule is CCN1C(=Cc2ccc3cccc(C)c3[n+]2C)Sc2ccccc21.[I-]. The zero-order chi connectivity index (χ0) is 16.7. The Hall–Kier alpha value is -1.53. The van der Waals surface area contributed by atoms with Gasteiger partial charge in [0.2, 0.25) is 11.2 Å². The van der Waals surface area contributed by atoms with E-state index in [0.29, 0.717) is 0 Å². The summed E-state index contributed by atoms with van der Waals surface area (Å²) in [6.45, 7) is 5.37. The third-order valence-corrected chi connectivity index (χ3v) is 5.76. The minimum Gasteiger partial charge on any atom is -1.00 e. The van der Waals surface area contributed by atoms with Crippen molar-refractivity contribution in [3.63, 3.8) is 0 Å². The van der Waals surface area contributed by atoms with Gasteiger partial charge in [0.25, 0.3) is 0 Å². The predicted molar refractivity (Wildman–Crippen MR) is 103 cm³/mol. The quantitative estimate of drug-likeness (QED) is 0.426. The minimum absolute atomic E-state index is 0. The van der Waals surface area contributed by atoms with Crippen LogP contribution in [0.3, 0.4) is 0 Å². The molecule has 3 aromatic rings. The van der Waals surface area contributed by atoms with Crippen LogP contribution in [0.25, 0.3) is 17.0 Å². The van der Waals surface area contributed by atoms with Crippen LogP contribution in [0.2, 0.25) is 0 Å². The first-order valence-corrected chi connectivity index (χ1v) is 9.15. The Labute approximate surface area is 170 Å². The summed E-state index contributed by atoms with van der Waals surface area (Å²) in [5.41, 5.74) is 5.15. The van der Waals surface area contributed by atoms with Crippen LogP contribution in [0.4, 0.5) is 5.69 Å². The smallest absolute Gasteiger partial charge is 0.215 e. The largest absolute Gasteiger partial charge is 1.00 e. The molecule has 2 heterocycles. The molecule has 0 fully saturated rings. The number of benzene rings is 2. The van der Waals surface area contributed by atoms with Gasteiger partial charge in [-0.1, -0.05) is 36.0 Å². The van der Waals surface area contributed by atoms with Gasteiger partial charge in [0.15, 0.2) is 0 Å². The van der Waals surface area contributed by atoms with E-state index in [1.807, 2.05) is 11.8 Å². The third-order valence-electron chi connectivity index (χ3n) is 4.65. The van der Waals surface area contributed by atoms with Crippen molar-refractivity contribution in [2.24, 2.45) is 7.05 Å². The zero-order valence-corrected chi connectivity index (χ0v) is 17.6. The van der Waals surface area contributed by atoms with Crippen LogP contribution in [0.15, 0.2) is 64.5 Å². The topological polar surface area (TPSA) is 7.12 Å². The van der Waals surface area contributed by atoms with Crippen LogP contribution in [-0.4, -0.2) is 6.54 Å². The number of rotatable bonds is 2. The number of pyridine rings is 1. The highest BCUT2D eigenvalue weighted by Crippen LogP contribution is 2.46. The molecule has 2 nitrogen and oxygen atoms in total. The molecule has 4 rings (SSSR count). The van der Waals surface area contributed by atoms with E-state index in [-0.39, 0.29) is 24.0 Å². The summed E-state index contributed by atoms with van der Waals surface area (Å²) in [7, 11) is 2.16. The molecule has 0 spiro atoms. The van der Waals surface area contributed by atoms with Gasteiger partial charge < -0.3 is 28.9 Å². The summed E-state index contributed by atoms with van der Waals surface area (Å²) in [4.78, 5) is 3.73. The maximum Gasteiger partial charge on any atom is 0.215 e. The lowest BCUT2D eigenvalue weighted by molar-refractivity contribution is -0.647. The van der Waals surface area contributed by atoms with Crippen LogP contribution in [0.1, 0.15) is 18.2 Å². The predicted octanol–water partition coefficient (Wildman–Crippen LogP) is 1.91. The fourth-order valence-electron chi connectivity index (χ4n) is 3.45. The number of nitrogens with zero attached hydrogens (tertiary/aromatic N) is 2. The maximum atomic E-state index is 2.39. The van der Waals surface area contributed by atoms with Crippen molar-refractivity contribution in [2.75, 3.05) is 11.4 Å². The Kier molecular flexibility index (Phi) is 5.39. The monoisotopic (exact) mass is 460 g/mol. The van der Waals surface area contributed by atoms with Gasteiger partial charge in [-0.25, -0.2) is 0 Å². The summed E-state index contributed by atoms with van der Waals surface area (Å²) in [6, 6.07) is 19.6. The van der Waals surface area contributed by atoms with E-state index in [4.69, 9.17) is 0 Å². The number of hydrogen-bond donors (Lipinski definition) is 0. The van der Waals surface area contributed by atoms with Gasteiger partial charge in [-0.2, -0.15) is 4.57 Å². The minimum atomic E-state index is 0. The molecule has 2 aromatic carbocycles. The molecule has 0 saturated heterocycles. The second-order valence-corrected chi connectivity index (χ2v) is 7.19. The summed E-state index contributed by atoms with van der Waals surface area (Å²) in [6.07, 6.45) is 2.31. The van der Waals surface area contributed by atoms with E-state index in [0.717, 1.165) is 6.54 Å². The first kappa shape index (κ1) is 18.3. The molecule has 25 heavy (non-hydrogen) atoms. The van der Waals surface area contributed by atoms with Gasteiger partial charge in [0.1, 0.15) is 7.05 Å². The van der Waals surface area contributed by atoms with E-state index in [1.54, 1.807) is 0 Å². The molecule has 0 unspecified atom stereocenters. The highest BCUT2D eigenvalue weighted by atomic mass is 127. The number of thioether (sulfide) groups is 1. The average Bonchev–Trinajstić information content (AvgIpc) is 2.94. The highest BCUT2D eigenvalue weighted by molar-refractivity contribution is 8.03. The van der Waals surface area contributed by atoms with Crippen molar-refractivity contribution in [3.05, 3.63) is 70.9 Å². The first-order valence-electron chi connectivity index (χ1n) is 8.33. The number of anilines is 1. The molecule has 0 aliphatic carbocycles. The van der Waals surface area contributed by atoms with E-state index < -0.39 is 0 Å². The number of hydrogen-bond acceptors (Lipinski definition) is 2. The number of halogens is 1. The van der Waals surface area contributed by atoms with Crippen molar-refractivity contribution in [1.29, 1.82) is 0 Å². The lowest BCUT2D eigenvalue weighted by Crippen LogP contribution is -3.00. The average molecular weight is 460 g/mol. The summed E-state index contributed by atoms with van der Waals surface area (Å²) < 4.78 is 2.30. The normalized spacial score (nSPS) is 14.7.